The van der Waals surface area contributed by atoms with Gasteiger partial charge in [-0.25, -0.2) is 8.42 Å². The van der Waals surface area contributed by atoms with E-state index in [0.717, 1.165) is 35.6 Å². The van der Waals surface area contributed by atoms with Crippen LogP contribution in [0.4, 0.5) is 15.6 Å². The number of hydrogen-bond acceptors (Lipinski definition) is 7. The van der Waals surface area contributed by atoms with Crippen LogP contribution in [0.25, 0.3) is 0 Å². The quantitative estimate of drug-likeness (QED) is 0.585. The second kappa shape index (κ2) is 9.83. The van der Waals surface area contributed by atoms with E-state index in [0.29, 0.717) is 5.69 Å². The van der Waals surface area contributed by atoms with Gasteiger partial charge in [-0.1, -0.05) is 44.9 Å². The summed E-state index contributed by atoms with van der Waals surface area (Å²) in [6.45, 7) is 6.15. The lowest BCUT2D eigenvalue weighted by Crippen LogP contribution is -2.43. The number of anilines is 2. The van der Waals surface area contributed by atoms with Crippen LogP contribution in [0.1, 0.15) is 45.0 Å². The summed E-state index contributed by atoms with van der Waals surface area (Å²) in [6.07, 6.45) is 2.63. The van der Waals surface area contributed by atoms with E-state index in [1.165, 1.54) is 35.6 Å². The molecule has 0 aliphatic rings. The fraction of sp³-hybridized carbons (Fsp3) is 0.500. The zero-order valence-corrected chi connectivity index (χ0v) is 17.8. The highest BCUT2D eigenvalue weighted by atomic mass is 32.2. The number of carbonyl (C=O) groups excluding carboxylic acids is 1. The molecule has 0 fully saturated rings. The third kappa shape index (κ3) is 6.16. The van der Waals surface area contributed by atoms with Crippen LogP contribution in [0.2, 0.25) is 0 Å². The molecule has 2 rings (SSSR count). The summed E-state index contributed by atoms with van der Waals surface area (Å²) in [6, 6.07) is 5.61. The summed E-state index contributed by atoms with van der Waals surface area (Å²) in [4.78, 5) is 12.4. The Kier molecular flexibility index (Phi) is 7.76. The van der Waals surface area contributed by atoms with Gasteiger partial charge in [-0.15, -0.1) is 10.2 Å². The van der Waals surface area contributed by atoms with Crippen molar-refractivity contribution < 1.29 is 18.3 Å². The highest BCUT2D eigenvalue weighted by molar-refractivity contribution is 7.93. The average molecular weight is 426 g/mol. The predicted molar refractivity (Wildman–Crippen MR) is 108 cm³/mol. The summed E-state index contributed by atoms with van der Waals surface area (Å²) < 4.78 is 27.5. The molecule has 8 nitrogen and oxygen atoms in total. The Morgan fingerprint density at radius 2 is 1.89 bits per heavy atom. The summed E-state index contributed by atoms with van der Waals surface area (Å²) in [7, 11) is -3.83. The molecule has 0 aliphatic carbocycles. The Bertz CT molecular complexity index is 879. The molecule has 0 unspecified atom stereocenters. The van der Waals surface area contributed by atoms with E-state index in [2.05, 4.69) is 21.8 Å². The Hall–Kier alpha value is -2.20. The van der Waals surface area contributed by atoms with Gasteiger partial charge in [0.2, 0.25) is 5.13 Å². The highest BCUT2D eigenvalue weighted by Crippen LogP contribution is 2.23. The smallest absolute Gasteiger partial charge is 0.263 e. The predicted octanol–water partition coefficient (Wildman–Crippen LogP) is 2.88. The van der Waals surface area contributed by atoms with Crippen molar-refractivity contribution in [1.29, 1.82) is 0 Å². The first-order valence-corrected chi connectivity index (χ1v) is 11.5. The maximum Gasteiger partial charge on any atom is 0.263 e. The molecule has 1 aromatic carbocycles. The fourth-order valence-corrected chi connectivity index (χ4v) is 4.56. The fourth-order valence-electron chi connectivity index (χ4n) is 2.55. The summed E-state index contributed by atoms with van der Waals surface area (Å²) >= 11 is 1.22. The molecule has 0 saturated carbocycles. The number of benzene rings is 1. The van der Waals surface area contributed by atoms with Gasteiger partial charge < -0.3 is 14.8 Å². The molecule has 0 aliphatic heterocycles. The number of rotatable bonds is 10. The number of sulfonamides is 1. The molecule has 28 heavy (non-hydrogen) atoms. The Morgan fingerprint density at radius 1 is 1.21 bits per heavy atom. The van der Waals surface area contributed by atoms with Crippen molar-refractivity contribution in [2.24, 2.45) is 5.92 Å². The number of amides is 1. The Labute approximate surface area is 169 Å². The van der Waals surface area contributed by atoms with E-state index in [4.69, 9.17) is 0 Å². The van der Waals surface area contributed by atoms with E-state index < -0.39 is 16.1 Å². The van der Waals surface area contributed by atoms with Gasteiger partial charge in [0.05, 0.1) is 4.90 Å². The topological polar surface area (TPSA) is 115 Å². The van der Waals surface area contributed by atoms with Gasteiger partial charge in [0.25, 0.3) is 10.0 Å². The first-order chi connectivity index (χ1) is 13.2. The summed E-state index contributed by atoms with van der Waals surface area (Å²) in [5, 5.41) is 20.2. The monoisotopic (exact) mass is 425 g/mol. The van der Waals surface area contributed by atoms with Gasteiger partial charge in [-0.3, -0.25) is 4.72 Å². The molecule has 0 atom stereocenters. The molecule has 2 aromatic rings. The Balaban J connectivity index is 2.10. The summed E-state index contributed by atoms with van der Waals surface area (Å²) in [5.41, 5.74) is 0.363. The van der Waals surface area contributed by atoms with E-state index in [1.54, 1.807) is 0 Å². The Morgan fingerprint density at radius 3 is 2.46 bits per heavy atom. The number of carbonyl (C=O) groups is 1. The van der Waals surface area contributed by atoms with Crippen LogP contribution >= 0.6 is 11.3 Å². The molecule has 0 radical (unpaired) electrons. The normalized spacial score (nSPS) is 11.6. The molecule has 0 spiro atoms. The molecule has 0 saturated heterocycles. The average Bonchev–Trinajstić information content (AvgIpc) is 3.06. The largest absolute Gasteiger partial charge is 0.530 e. The lowest BCUT2D eigenvalue weighted by atomic mass is 10.2. The van der Waals surface area contributed by atoms with Crippen LogP contribution in [-0.4, -0.2) is 31.3 Å². The molecule has 1 amide bonds. The number of nitrogens with one attached hydrogen (secondary N) is 1. The number of aryl methyl sites for hydroxylation is 1. The molecule has 154 valence electrons. The zero-order valence-electron chi connectivity index (χ0n) is 16.2. The van der Waals surface area contributed by atoms with Gasteiger partial charge in [0.15, 0.2) is 0 Å². The van der Waals surface area contributed by atoms with Crippen molar-refractivity contribution in [2.75, 3.05) is 16.2 Å². The third-order valence-corrected chi connectivity index (χ3v) is 6.29. The van der Waals surface area contributed by atoms with Gasteiger partial charge in [0, 0.05) is 18.7 Å². The standard InChI is InChI=1S/C18H26N4O4S2/c1-4-5-6-7-16-19-20-17(27-16)21-28(25,26)15-10-8-14(9-11-15)22(18(23)24)12-13(2)3/h8-11,13H,4-7,12H2,1-3H3,(H,20,21)(H,23,24)/p-1. The molecule has 1 N–H and O–H groups in total. The summed E-state index contributed by atoms with van der Waals surface area (Å²) in [5.74, 6) is 0.104. The van der Waals surface area contributed by atoms with E-state index in [9.17, 15) is 18.3 Å². The van der Waals surface area contributed by atoms with Crippen LogP contribution in [0.3, 0.4) is 0 Å². The van der Waals surface area contributed by atoms with Crippen molar-refractivity contribution in [3.8, 4) is 0 Å². The van der Waals surface area contributed by atoms with Crippen molar-refractivity contribution in [3.63, 3.8) is 0 Å². The molecular weight excluding hydrogens is 400 g/mol. The third-order valence-electron chi connectivity index (χ3n) is 3.91. The number of aromatic nitrogens is 2. The minimum Gasteiger partial charge on any atom is -0.530 e. The lowest BCUT2D eigenvalue weighted by molar-refractivity contribution is -0.246. The minimum atomic E-state index is -3.83. The van der Waals surface area contributed by atoms with Crippen molar-refractivity contribution >= 4 is 38.3 Å². The van der Waals surface area contributed by atoms with Crippen LogP contribution in [-0.2, 0) is 16.4 Å². The molecule has 0 bridgehead atoms. The van der Waals surface area contributed by atoms with Gasteiger partial charge in [-0.2, -0.15) is 0 Å². The van der Waals surface area contributed by atoms with E-state index in [-0.39, 0.29) is 22.5 Å². The van der Waals surface area contributed by atoms with Crippen LogP contribution in [0.5, 0.6) is 0 Å². The number of nitrogens with zero attached hydrogens (tertiary/aromatic N) is 3. The van der Waals surface area contributed by atoms with Crippen LogP contribution in [0, 0.1) is 5.92 Å². The van der Waals surface area contributed by atoms with Crippen molar-refractivity contribution in [1.82, 2.24) is 10.2 Å². The van der Waals surface area contributed by atoms with Gasteiger partial charge in [-0.05, 0) is 36.6 Å². The maximum atomic E-state index is 12.5. The van der Waals surface area contributed by atoms with E-state index >= 15 is 0 Å². The van der Waals surface area contributed by atoms with E-state index in [1.807, 2.05) is 13.8 Å². The SMILES string of the molecule is CCCCCc1nnc(NS(=O)(=O)c2ccc(N(CC(C)C)C(=O)[O-])cc2)s1. The molecular formula is C18H25N4O4S2-. The molecule has 10 heteroatoms. The maximum absolute atomic E-state index is 12.5. The van der Waals surface area contributed by atoms with Gasteiger partial charge >= 0.3 is 0 Å². The van der Waals surface area contributed by atoms with Crippen LogP contribution < -0.4 is 14.7 Å². The first kappa shape index (κ1) is 22.1. The molecule has 1 heterocycles. The van der Waals surface area contributed by atoms with Gasteiger partial charge in [0.1, 0.15) is 11.1 Å². The highest BCUT2D eigenvalue weighted by Gasteiger charge is 2.18. The zero-order chi connectivity index (χ0) is 20.7. The van der Waals surface area contributed by atoms with Crippen LogP contribution in [0.15, 0.2) is 29.2 Å². The minimum absolute atomic E-state index is 0.0156. The number of carboxylic acid groups (broad SMARTS) is 1. The molecule has 1 aromatic heterocycles. The second-order valence-corrected chi connectivity index (χ2v) is 9.57. The number of unbranched alkanes of at least 4 members (excludes halogenated alkanes) is 2. The lowest BCUT2D eigenvalue weighted by Gasteiger charge is -2.27. The second-order valence-electron chi connectivity index (χ2n) is 6.83. The number of hydrogen-bond donors (Lipinski definition) is 1. The van der Waals surface area contributed by atoms with Crippen molar-refractivity contribution in [2.45, 2.75) is 51.3 Å². The first-order valence-electron chi connectivity index (χ1n) is 9.16. The van der Waals surface area contributed by atoms with Crippen molar-refractivity contribution in [3.05, 3.63) is 29.3 Å².